The average Bonchev–Trinajstić information content (AvgIpc) is 2.98. The highest BCUT2D eigenvalue weighted by molar-refractivity contribution is 7.84. The number of methoxy groups -OCH3 is 1. The summed E-state index contributed by atoms with van der Waals surface area (Å²) in [6.45, 7) is 0. The van der Waals surface area contributed by atoms with E-state index in [-0.39, 0.29) is 5.75 Å². The van der Waals surface area contributed by atoms with E-state index < -0.39 is 10.8 Å². The molecule has 0 spiro atoms. The van der Waals surface area contributed by atoms with Gasteiger partial charge in [-0.3, -0.25) is 4.21 Å². The molecule has 1 aromatic carbocycles. The fourth-order valence-electron chi connectivity index (χ4n) is 2.09. The molecule has 0 aliphatic rings. The monoisotopic (exact) mass is 331 g/mol. The van der Waals surface area contributed by atoms with Crippen molar-refractivity contribution in [2.24, 2.45) is 0 Å². The van der Waals surface area contributed by atoms with Gasteiger partial charge in [0.25, 0.3) is 0 Å². The zero-order valence-corrected chi connectivity index (χ0v) is 13.9. The Morgan fingerprint density at radius 1 is 1.26 bits per heavy atom. The van der Waals surface area contributed by atoms with Gasteiger partial charge < -0.3 is 14.6 Å². The number of benzene rings is 1. The number of H-pyrrole nitrogens is 1. The predicted molar refractivity (Wildman–Crippen MR) is 89.1 cm³/mol. The molecule has 1 atom stereocenters. The van der Waals surface area contributed by atoms with Crippen molar-refractivity contribution in [3.8, 4) is 5.75 Å². The summed E-state index contributed by atoms with van der Waals surface area (Å²) in [5.41, 5.74) is 1.53. The Labute approximate surface area is 136 Å². The molecule has 23 heavy (non-hydrogen) atoms. The normalized spacial score (nSPS) is 12.3. The number of rotatable bonds is 5. The summed E-state index contributed by atoms with van der Waals surface area (Å²) in [5.74, 6) is 2.23. The van der Waals surface area contributed by atoms with Crippen LogP contribution in [-0.4, -0.2) is 45.3 Å². The summed E-state index contributed by atoms with van der Waals surface area (Å²) >= 11 is 0. The SMILES string of the molecule is COc1ccc2nc(S(=O)Cc3nccc(N(C)C)n3)[nH]c2c1. The molecule has 7 nitrogen and oxygen atoms in total. The number of nitrogens with zero attached hydrogens (tertiary/aromatic N) is 4. The van der Waals surface area contributed by atoms with Crippen molar-refractivity contribution in [3.05, 3.63) is 36.3 Å². The average molecular weight is 331 g/mol. The topological polar surface area (TPSA) is 84.0 Å². The van der Waals surface area contributed by atoms with Crippen LogP contribution in [0.3, 0.4) is 0 Å². The van der Waals surface area contributed by atoms with Gasteiger partial charge in [-0.05, 0) is 18.2 Å². The molecule has 0 aliphatic carbocycles. The number of hydrogen-bond donors (Lipinski definition) is 1. The van der Waals surface area contributed by atoms with Crippen LogP contribution >= 0.6 is 0 Å². The lowest BCUT2D eigenvalue weighted by Gasteiger charge is -2.11. The Morgan fingerprint density at radius 3 is 2.83 bits per heavy atom. The largest absolute Gasteiger partial charge is 0.497 e. The zero-order chi connectivity index (χ0) is 16.4. The van der Waals surface area contributed by atoms with Crippen LogP contribution in [0.25, 0.3) is 11.0 Å². The van der Waals surface area contributed by atoms with Crippen molar-refractivity contribution in [2.45, 2.75) is 10.9 Å². The van der Waals surface area contributed by atoms with E-state index in [0.29, 0.717) is 11.0 Å². The highest BCUT2D eigenvalue weighted by Crippen LogP contribution is 2.20. The molecule has 0 bridgehead atoms. The fraction of sp³-hybridized carbons (Fsp3) is 0.267. The molecule has 1 unspecified atom stereocenters. The van der Waals surface area contributed by atoms with Crippen LogP contribution in [0.2, 0.25) is 0 Å². The van der Waals surface area contributed by atoms with Crippen LogP contribution in [0.4, 0.5) is 5.82 Å². The third kappa shape index (κ3) is 3.31. The fourth-order valence-corrected chi connectivity index (χ4v) is 3.03. The number of fused-ring (bicyclic) bond motifs is 1. The third-order valence-electron chi connectivity index (χ3n) is 3.29. The molecule has 0 radical (unpaired) electrons. The first-order valence-corrected chi connectivity index (χ1v) is 8.30. The Kier molecular flexibility index (Phi) is 4.24. The molecular formula is C15H17N5O2S. The third-order valence-corrected chi connectivity index (χ3v) is 4.44. The molecule has 2 aromatic heterocycles. The summed E-state index contributed by atoms with van der Waals surface area (Å²) in [7, 11) is 4.05. The summed E-state index contributed by atoms with van der Waals surface area (Å²) in [6, 6.07) is 7.28. The molecular weight excluding hydrogens is 314 g/mol. The van der Waals surface area contributed by atoms with Crippen molar-refractivity contribution >= 4 is 27.7 Å². The number of ether oxygens (including phenoxy) is 1. The smallest absolute Gasteiger partial charge is 0.197 e. The number of hydrogen-bond acceptors (Lipinski definition) is 6. The molecule has 2 heterocycles. The van der Waals surface area contributed by atoms with E-state index in [1.165, 1.54) is 0 Å². The lowest BCUT2D eigenvalue weighted by atomic mass is 10.3. The van der Waals surface area contributed by atoms with Gasteiger partial charge >= 0.3 is 0 Å². The van der Waals surface area contributed by atoms with E-state index in [9.17, 15) is 4.21 Å². The number of imidazole rings is 1. The summed E-state index contributed by atoms with van der Waals surface area (Å²) in [6.07, 6.45) is 1.67. The Bertz CT molecular complexity index is 862. The summed E-state index contributed by atoms with van der Waals surface area (Å²) in [5, 5.41) is 0.409. The number of aromatic nitrogens is 4. The first-order chi connectivity index (χ1) is 11.1. The highest BCUT2D eigenvalue weighted by Gasteiger charge is 2.13. The van der Waals surface area contributed by atoms with Gasteiger partial charge in [0.05, 0.1) is 34.7 Å². The van der Waals surface area contributed by atoms with Crippen molar-refractivity contribution in [3.63, 3.8) is 0 Å². The van der Waals surface area contributed by atoms with Gasteiger partial charge in [0, 0.05) is 26.4 Å². The van der Waals surface area contributed by atoms with Gasteiger partial charge in [0.15, 0.2) is 5.16 Å². The molecule has 0 saturated carbocycles. The van der Waals surface area contributed by atoms with E-state index in [1.807, 2.05) is 37.2 Å². The maximum atomic E-state index is 12.5. The highest BCUT2D eigenvalue weighted by atomic mass is 32.2. The van der Waals surface area contributed by atoms with Crippen molar-refractivity contribution in [1.29, 1.82) is 0 Å². The predicted octanol–water partition coefficient (Wildman–Crippen LogP) is 1.74. The van der Waals surface area contributed by atoms with Gasteiger partial charge in [0.2, 0.25) is 0 Å². The number of anilines is 1. The molecule has 0 saturated heterocycles. The van der Waals surface area contributed by atoms with Crippen molar-refractivity contribution in [2.75, 3.05) is 26.1 Å². The second-order valence-electron chi connectivity index (χ2n) is 5.14. The van der Waals surface area contributed by atoms with Crippen LogP contribution in [0.5, 0.6) is 5.75 Å². The molecule has 0 aliphatic heterocycles. The van der Waals surface area contributed by atoms with Gasteiger partial charge in [-0.15, -0.1) is 0 Å². The molecule has 3 aromatic rings. The molecule has 0 amide bonds. The Hall–Kier alpha value is -2.48. The van der Waals surface area contributed by atoms with Gasteiger partial charge in [-0.25, -0.2) is 15.0 Å². The maximum absolute atomic E-state index is 12.5. The first-order valence-electron chi connectivity index (χ1n) is 6.98. The first kappa shape index (κ1) is 15.4. The lowest BCUT2D eigenvalue weighted by molar-refractivity contribution is 0.415. The van der Waals surface area contributed by atoms with Crippen LogP contribution in [0.15, 0.2) is 35.6 Å². The minimum Gasteiger partial charge on any atom is -0.497 e. The van der Waals surface area contributed by atoms with Crippen molar-refractivity contribution in [1.82, 2.24) is 19.9 Å². The summed E-state index contributed by atoms with van der Waals surface area (Å²) in [4.78, 5) is 17.9. The van der Waals surface area contributed by atoms with E-state index in [4.69, 9.17) is 4.74 Å². The molecule has 0 fully saturated rings. The maximum Gasteiger partial charge on any atom is 0.197 e. The molecule has 8 heteroatoms. The second kappa shape index (κ2) is 6.33. The van der Waals surface area contributed by atoms with Crippen LogP contribution in [0, 0.1) is 0 Å². The Morgan fingerprint density at radius 2 is 2.09 bits per heavy atom. The lowest BCUT2D eigenvalue weighted by Crippen LogP contribution is -2.12. The molecule has 3 rings (SSSR count). The van der Waals surface area contributed by atoms with Gasteiger partial charge in [-0.2, -0.15) is 0 Å². The minimum atomic E-state index is -1.35. The van der Waals surface area contributed by atoms with Crippen molar-refractivity contribution < 1.29 is 8.95 Å². The second-order valence-corrected chi connectivity index (χ2v) is 6.51. The molecule has 1 N–H and O–H groups in total. The van der Waals surface area contributed by atoms with Crippen LogP contribution in [0.1, 0.15) is 5.82 Å². The minimum absolute atomic E-state index is 0.207. The van der Waals surface area contributed by atoms with Crippen LogP contribution in [-0.2, 0) is 16.6 Å². The van der Waals surface area contributed by atoms with E-state index in [0.717, 1.165) is 22.6 Å². The standard InChI is InChI=1S/C15H17N5O2S/c1-20(2)14-6-7-16-13(19-14)9-23(21)15-17-11-5-4-10(22-3)8-12(11)18-15/h4-8H,9H2,1-3H3,(H,17,18). The van der Waals surface area contributed by atoms with E-state index in [2.05, 4.69) is 19.9 Å². The quantitative estimate of drug-likeness (QED) is 0.766. The van der Waals surface area contributed by atoms with E-state index in [1.54, 1.807) is 19.4 Å². The zero-order valence-electron chi connectivity index (χ0n) is 13.1. The molecule has 120 valence electrons. The van der Waals surface area contributed by atoms with Crippen LogP contribution < -0.4 is 9.64 Å². The summed E-state index contributed by atoms with van der Waals surface area (Å²) < 4.78 is 17.7. The van der Waals surface area contributed by atoms with Gasteiger partial charge in [-0.1, -0.05) is 0 Å². The Balaban J connectivity index is 1.84. The van der Waals surface area contributed by atoms with Gasteiger partial charge in [0.1, 0.15) is 17.4 Å². The number of nitrogens with one attached hydrogen (secondary N) is 1. The number of aromatic amines is 1. The van der Waals surface area contributed by atoms with E-state index >= 15 is 0 Å².